The highest BCUT2D eigenvalue weighted by Gasteiger charge is 1.98. The molecule has 0 saturated heterocycles. The molecule has 0 atom stereocenters. The van der Waals surface area contributed by atoms with Gasteiger partial charge in [0.05, 0.1) is 5.69 Å². The molecular formula is C9H17N3. The quantitative estimate of drug-likeness (QED) is 0.681. The van der Waals surface area contributed by atoms with E-state index in [9.17, 15) is 0 Å². The molecule has 0 aliphatic rings. The lowest BCUT2D eigenvalue weighted by Gasteiger charge is -2.02. The fourth-order valence-corrected chi connectivity index (χ4v) is 1.31. The summed E-state index contributed by atoms with van der Waals surface area (Å²) in [7, 11) is 1.97. The van der Waals surface area contributed by atoms with E-state index < -0.39 is 0 Å². The average Bonchev–Trinajstić information content (AvgIpc) is 2.31. The van der Waals surface area contributed by atoms with Crippen LogP contribution in [0.15, 0.2) is 6.07 Å². The Kier molecular flexibility index (Phi) is 3.29. The molecule has 3 nitrogen and oxygen atoms in total. The number of nitrogens with zero attached hydrogens (tertiary/aromatic N) is 2. The molecule has 1 N–H and O–H groups in total. The van der Waals surface area contributed by atoms with Crippen molar-refractivity contribution in [2.24, 2.45) is 0 Å². The Morgan fingerprint density at radius 2 is 2.25 bits per heavy atom. The van der Waals surface area contributed by atoms with Crippen molar-refractivity contribution in [3.8, 4) is 0 Å². The zero-order valence-electron chi connectivity index (χ0n) is 8.09. The van der Waals surface area contributed by atoms with Gasteiger partial charge < -0.3 is 5.32 Å². The average molecular weight is 167 g/mol. The minimum atomic E-state index is 1.01. The lowest BCUT2D eigenvalue weighted by Crippen LogP contribution is -2.12. The van der Waals surface area contributed by atoms with Crippen molar-refractivity contribution in [1.29, 1.82) is 0 Å². The van der Waals surface area contributed by atoms with Crippen LogP contribution in [0.2, 0.25) is 0 Å². The van der Waals surface area contributed by atoms with Gasteiger partial charge in [0.15, 0.2) is 0 Å². The molecule has 12 heavy (non-hydrogen) atoms. The van der Waals surface area contributed by atoms with Crippen LogP contribution in [0.25, 0.3) is 0 Å². The van der Waals surface area contributed by atoms with Gasteiger partial charge in [0.1, 0.15) is 0 Å². The van der Waals surface area contributed by atoms with Crippen molar-refractivity contribution < 1.29 is 0 Å². The first-order valence-electron chi connectivity index (χ1n) is 4.39. The van der Waals surface area contributed by atoms with Crippen molar-refractivity contribution in [3.05, 3.63) is 17.5 Å². The van der Waals surface area contributed by atoms with Crippen LogP contribution in [0.4, 0.5) is 0 Å². The topological polar surface area (TPSA) is 29.9 Å². The molecule has 0 unspecified atom stereocenters. The number of hydrogen-bond acceptors (Lipinski definition) is 2. The van der Waals surface area contributed by atoms with Gasteiger partial charge in [0.2, 0.25) is 0 Å². The standard InChI is InChI=1S/C9H17N3/c1-8-7-9(2)12(11-8)6-4-5-10-3/h7,10H,4-6H2,1-3H3. The normalized spacial score (nSPS) is 10.6. The minimum Gasteiger partial charge on any atom is -0.320 e. The largest absolute Gasteiger partial charge is 0.320 e. The van der Waals surface area contributed by atoms with Crippen LogP contribution < -0.4 is 5.32 Å². The predicted molar refractivity (Wildman–Crippen MR) is 50.2 cm³/mol. The number of rotatable bonds is 4. The van der Waals surface area contributed by atoms with Crippen molar-refractivity contribution in [3.63, 3.8) is 0 Å². The molecule has 0 bridgehead atoms. The summed E-state index contributed by atoms with van der Waals surface area (Å²) in [5, 5.41) is 7.49. The van der Waals surface area contributed by atoms with Gasteiger partial charge in [0.25, 0.3) is 0 Å². The molecule has 1 aromatic rings. The summed E-state index contributed by atoms with van der Waals surface area (Å²) in [5.74, 6) is 0. The smallest absolute Gasteiger partial charge is 0.0596 e. The van der Waals surface area contributed by atoms with Gasteiger partial charge in [0, 0.05) is 12.2 Å². The second-order valence-electron chi connectivity index (χ2n) is 3.11. The highest BCUT2D eigenvalue weighted by Crippen LogP contribution is 2.01. The zero-order valence-corrected chi connectivity index (χ0v) is 8.09. The van der Waals surface area contributed by atoms with Gasteiger partial charge in [-0.3, -0.25) is 4.68 Å². The maximum absolute atomic E-state index is 4.37. The Balaban J connectivity index is 2.45. The molecule has 3 heteroatoms. The summed E-state index contributed by atoms with van der Waals surface area (Å²) in [4.78, 5) is 0. The van der Waals surface area contributed by atoms with E-state index in [4.69, 9.17) is 0 Å². The third kappa shape index (κ3) is 2.34. The molecule has 0 amide bonds. The predicted octanol–water partition coefficient (Wildman–Crippen LogP) is 1.11. The summed E-state index contributed by atoms with van der Waals surface area (Å²) >= 11 is 0. The summed E-state index contributed by atoms with van der Waals surface area (Å²) in [6, 6.07) is 2.11. The van der Waals surface area contributed by atoms with Crippen LogP contribution in [0, 0.1) is 13.8 Å². The number of aromatic nitrogens is 2. The Labute approximate surface area is 73.8 Å². The third-order valence-electron chi connectivity index (χ3n) is 1.90. The van der Waals surface area contributed by atoms with Gasteiger partial charge in [-0.2, -0.15) is 5.10 Å². The van der Waals surface area contributed by atoms with E-state index in [1.165, 1.54) is 5.69 Å². The highest BCUT2D eigenvalue weighted by molar-refractivity contribution is 5.06. The van der Waals surface area contributed by atoms with E-state index >= 15 is 0 Å². The van der Waals surface area contributed by atoms with E-state index in [1.807, 2.05) is 14.0 Å². The van der Waals surface area contributed by atoms with Crippen molar-refractivity contribution >= 4 is 0 Å². The number of nitrogens with one attached hydrogen (secondary N) is 1. The minimum absolute atomic E-state index is 1.01. The molecule has 1 rings (SSSR count). The van der Waals surface area contributed by atoms with Gasteiger partial charge in [-0.1, -0.05) is 0 Å². The van der Waals surface area contributed by atoms with E-state index in [0.717, 1.165) is 25.2 Å². The van der Waals surface area contributed by atoms with Crippen molar-refractivity contribution in [1.82, 2.24) is 15.1 Å². The van der Waals surface area contributed by atoms with Crippen molar-refractivity contribution in [2.45, 2.75) is 26.8 Å². The Morgan fingerprint density at radius 3 is 2.75 bits per heavy atom. The van der Waals surface area contributed by atoms with Crippen molar-refractivity contribution in [2.75, 3.05) is 13.6 Å². The lowest BCUT2D eigenvalue weighted by atomic mass is 10.4. The second kappa shape index (κ2) is 4.26. The molecule has 0 aromatic carbocycles. The molecule has 68 valence electrons. The van der Waals surface area contributed by atoms with Crippen LogP contribution in [-0.4, -0.2) is 23.4 Å². The van der Waals surface area contributed by atoms with E-state index in [2.05, 4.69) is 28.1 Å². The maximum atomic E-state index is 4.37. The first kappa shape index (κ1) is 9.26. The maximum Gasteiger partial charge on any atom is 0.0596 e. The molecule has 0 saturated carbocycles. The first-order valence-corrected chi connectivity index (χ1v) is 4.39. The fourth-order valence-electron chi connectivity index (χ4n) is 1.31. The molecule has 0 aliphatic heterocycles. The molecule has 0 fully saturated rings. The summed E-state index contributed by atoms with van der Waals surface area (Å²) < 4.78 is 2.06. The van der Waals surface area contributed by atoms with Crippen LogP contribution in [0.3, 0.4) is 0 Å². The van der Waals surface area contributed by atoms with E-state index in [0.29, 0.717) is 0 Å². The lowest BCUT2D eigenvalue weighted by molar-refractivity contribution is 0.548. The highest BCUT2D eigenvalue weighted by atomic mass is 15.3. The third-order valence-corrected chi connectivity index (χ3v) is 1.90. The van der Waals surface area contributed by atoms with E-state index in [-0.39, 0.29) is 0 Å². The van der Waals surface area contributed by atoms with Crippen LogP contribution >= 0.6 is 0 Å². The Morgan fingerprint density at radius 1 is 1.50 bits per heavy atom. The van der Waals surface area contributed by atoms with Gasteiger partial charge in [-0.05, 0) is 39.9 Å². The first-order chi connectivity index (χ1) is 5.74. The van der Waals surface area contributed by atoms with Crippen LogP contribution in [-0.2, 0) is 6.54 Å². The Hall–Kier alpha value is -0.830. The molecular weight excluding hydrogens is 150 g/mol. The monoisotopic (exact) mass is 167 g/mol. The summed E-state index contributed by atoms with van der Waals surface area (Å²) in [5.41, 5.74) is 2.36. The second-order valence-corrected chi connectivity index (χ2v) is 3.11. The van der Waals surface area contributed by atoms with Crippen LogP contribution in [0.1, 0.15) is 17.8 Å². The molecule has 1 heterocycles. The van der Waals surface area contributed by atoms with E-state index in [1.54, 1.807) is 0 Å². The summed E-state index contributed by atoms with van der Waals surface area (Å²) in [6.07, 6.45) is 1.14. The van der Waals surface area contributed by atoms with Gasteiger partial charge in [-0.25, -0.2) is 0 Å². The molecule has 0 radical (unpaired) electrons. The molecule has 0 spiro atoms. The summed E-state index contributed by atoms with van der Waals surface area (Å²) in [6.45, 7) is 6.19. The molecule has 1 aromatic heterocycles. The molecule has 0 aliphatic carbocycles. The number of hydrogen-bond donors (Lipinski definition) is 1. The van der Waals surface area contributed by atoms with Crippen LogP contribution in [0.5, 0.6) is 0 Å². The fraction of sp³-hybridized carbons (Fsp3) is 0.667. The SMILES string of the molecule is CNCCCn1nc(C)cc1C. The Bertz CT molecular complexity index is 240. The van der Waals surface area contributed by atoms with Gasteiger partial charge in [-0.15, -0.1) is 0 Å². The zero-order chi connectivity index (χ0) is 8.97. The van der Waals surface area contributed by atoms with Gasteiger partial charge >= 0.3 is 0 Å². The number of aryl methyl sites for hydroxylation is 3.